The van der Waals surface area contributed by atoms with Crippen LogP contribution < -0.4 is 20.5 Å². The summed E-state index contributed by atoms with van der Waals surface area (Å²) in [6, 6.07) is 16.9. The zero-order valence-corrected chi connectivity index (χ0v) is 31.9. The number of aromatic nitrogens is 2. The van der Waals surface area contributed by atoms with Gasteiger partial charge in [-0.2, -0.15) is 4.57 Å². The van der Waals surface area contributed by atoms with Gasteiger partial charge in [-0.15, -0.1) is 11.3 Å². The van der Waals surface area contributed by atoms with E-state index >= 15 is 0 Å². The Morgan fingerprint density at radius 1 is 0.922 bits per heavy atom. The Labute approximate surface area is 309 Å². The van der Waals surface area contributed by atoms with Gasteiger partial charge in [-0.05, 0) is 36.3 Å². The van der Waals surface area contributed by atoms with Gasteiger partial charge in [-0.25, -0.2) is 14.6 Å². The molecule has 4 rings (SSSR count). The number of thiazole rings is 2. The Balaban J connectivity index is 1.47. The minimum absolute atomic E-state index is 0.110. The number of alkyl carbamates (subject to hydrolysis) is 1. The van der Waals surface area contributed by atoms with E-state index in [-0.39, 0.29) is 30.9 Å². The first-order valence-electron chi connectivity index (χ1n) is 17.3. The van der Waals surface area contributed by atoms with Crippen LogP contribution in [0.4, 0.5) is 9.59 Å². The number of aliphatic hydroxyl groups excluding tert-OH is 1. The number of benzene rings is 2. The number of hydrogen-bond acceptors (Lipinski definition) is 8. The maximum absolute atomic E-state index is 13.9. The van der Waals surface area contributed by atoms with E-state index in [1.54, 1.807) is 18.4 Å². The third-order valence-corrected chi connectivity index (χ3v) is 10.5. The van der Waals surface area contributed by atoms with Crippen molar-refractivity contribution in [2.24, 2.45) is 13.0 Å². The molecule has 2 aromatic heterocycles. The fourth-order valence-corrected chi connectivity index (χ4v) is 7.13. The maximum atomic E-state index is 13.9. The van der Waals surface area contributed by atoms with Gasteiger partial charge in [0.25, 0.3) is 0 Å². The highest BCUT2D eigenvalue weighted by Gasteiger charge is 2.31. The topological polar surface area (TPSA) is 137 Å². The van der Waals surface area contributed by atoms with E-state index in [1.165, 1.54) is 16.2 Å². The monoisotopic (exact) mass is 735 g/mol. The summed E-state index contributed by atoms with van der Waals surface area (Å²) >= 11 is 3.05. The molecule has 0 bridgehead atoms. The van der Waals surface area contributed by atoms with E-state index in [0.29, 0.717) is 25.3 Å². The largest absolute Gasteiger partial charge is 0.444 e. The average molecular weight is 736 g/mol. The van der Waals surface area contributed by atoms with E-state index < -0.39 is 30.3 Å². The molecule has 0 aliphatic carbocycles. The van der Waals surface area contributed by atoms with E-state index in [9.17, 15) is 19.5 Å². The van der Waals surface area contributed by atoms with E-state index in [0.717, 1.165) is 26.7 Å². The van der Waals surface area contributed by atoms with Crippen molar-refractivity contribution in [3.63, 3.8) is 0 Å². The van der Waals surface area contributed by atoms with Crippen LogP contribution >= 0.6 is 22.7 Å². The van der Waals surface area contributed by atoms with Gasteiger partial charge in [-0.1, -0.05) is 99.7 Å². The number of carbonyl (C=O) groups excluding carboxylic acids is 3. The third kappa shape index (κ3) is 12.7. The molecule has 4 N–H and O–H groups in total. The molecular weight excluding hydrogens is 685 g/mol. The fraction of sp³-hybridized carbons (Fsp3) is 0.447. The molecule has 4 amide bonds. The summed E-state index contributed by atoms with van der Waals surface area (Å²) in [6.07, 6.45) is 1.13. The molecule has 13 heteroatoms. The number of aliphatic hydroxyl groups is 1. The molecule has 274 valence electrons. The number of urea groups is 1. The summed E-state index contributed by atoms with van der Waals surface area (Å²) in [5, 5.41) is 23.6. The third-order valence-electron chi connectivity index (χ3n) is 8.36. The minimum atomic E-state index is -1.04. The summed E-state index contributed by atoms with van der Waals surface area (Å²) in [7, 11) is 3.58. The second-order valence-corrected chi connectivity index (χ2v) is 15.4. The molecule has 11 nitrogen and oxygen atoms in total. The first-order chi connectivity index (χ1) is 24.4. The van der Waals surface area contributed by atoms with Crippen molar-refractivity contribution in [2.45, 2.75) is 90.3 Å². The molecule has 2 heterocycles. The number of hydrogen-bond donors (Lipinski definition) is 4. The molecule has 0 aliphatic heterocycles. The fourth-order valence-electron chi connectivity index (χ4n) is 5.58. The highest BCUT2D eigenvalue weighted by atomic mass is 32.1. The van der Waals surface area contributed by atoms with Crippen LogP contribution in [-0.2, 0) is 42.6 Å². The van der Waals surface area contributed by atoms with Gasteiger partial charge in [0.1, 0.15) is 24.6 Å². The molecule has 51 heavy (non-hydrogen) atoms. The molecule has 4 atom stereocenters. The second-order valence-electron chi connectivity index (χ2n) is 13.6. The number of carbonyl (C=O) groups is 3. The lowest BCUT2D eigenvalue weighted by molar-refractivity contribution is -0.666. The number of rotatable bonds is 17. The van der Waals surface area contributed by atoms with Crippen LogP contribution in [0.3, 0.4) is 0 Å². The second kappa shape index (κ2) is 19.3. The lowest BCUT2D eigenvalue weighted by Crippen LogP contribution is -2.55. The maximum Gasteiger partial charge on any atom is 0.407 e. The number of amides is 4. The zero-order valence-electron chi connectivity index (χ0n) is 30.2. The smallest absolute Gasteiger partial charge is 0.407 e. The van der Waals surface area contributed by atoms with Crippen molar-refractivity contribution in [1.29, 1.82) is 0 Å². The van der Waals surface area contributed by atoms with Crippen LogP contribution in [0.15, 0.2) is 77.8 Å². The zero-order chi connectivity index (χ0) is 36.9. The number of ether oxygens (including phenoxy) is 1. The predicted molar refractivity (Wildman–Crippen MR) is 200 cm³/mol. The molecule has 0 fully saturated rings. The normalized spacial score (nSPS) is 13.7. The lowest BCUT2D eigenvalue weighted by atomic mass is 9.93. The Morgan fingerprint density at radius 2 is 1.57 bits per heavy atom. The van der Waals surface area contributed by atoms with Crippen LogP contribution in [0.1, 0.15) is 66.7 Å². The van der Waals surface area contributed by atoms with Crippen molar-refractivity contribution in [3.8, 4) is 0 Å². The van der Waals surface area contributed by atoms with E-state index in [2.05, 4.69) is 34.8 Å². The Morgan fingerprint density at radius 3 is 2.14 bits per heavy atom. The predicted octanol–water partition coefficient (Wildman–Crippen LogP) is 5.33. The van der Waals surface area contributed by atoms with Gasteiger partial charge in [-0.3, -0.25) is 4.79 Å². The summed E-state index contributed by atoms with van der Waals surface area (Å²) in [4.78, 5) is 47.2. The summed E-state index contributed by atoms with van der Waals surface area (Å²) in [5.41, 5.74) is 4.62. The van der Waals surface area contributed by atoms with Gasteiger partial charge < -0.3 is 30.7 Å². The number of aryl methyl sites for hydroxylation is 1. The van der Waals surface area contributed by atoms with Crippen LogP contribution in [0, 0.1) is 5.92 Å². The van der Waals surface area contributed by atoms with Gasteiger partial charge in [0.2, 0.25) is 11.4 Å². The van der Waals surface area contributed by atoms with Crippen molar-refractivity contribution >= 4 is 40.7 Å². The molecule has 2 aromatic carbocycles. The standard InChI is InChI=1S/C38H50N6O5S2/c1-25(2)34(42-37(47)44(6)20-30-23-50-36(40-30)26(3)4)35(46)39-29(17-27-13-9-7-10-14-27)19-33(45)32(18-28-15-11-8-12-16-28)41-38(48)49-22-31-21-43(5)24-51-31/h7-16,21,23-26,29,32-34,45H,17-20,22H2,1-6H3,(H2-,39,41,42,46,47,48)/p+1/t29-,32-,33-,34-/m0/s1. The number of nitrogens with zero attached hydrogens (tertiary/aromatic N) is 3. The molecule has 0 saturated heterocycles. The summed E-state index contributed by atoms with van der Waals surface area (Å²) < 4.78 is 7.40. The van der Waals surface area contributed by atoms with Crippen molar-refractivity contribution < 1.29 is 28.8 Å². The van der Waals surface area contributed by atoms with E-state index in [4.69, 9.17) is 4.74 Å². The van der Waals surface area contributed by atoms with Crippen LogP contribution in [-0.4, -0.2) is 64.3 Å². The Kier molecular flexibility index (Phi) is 15.0. The van der Waals surface area contributed by atoms with Crippen molar-refractivity contribution in [1.82, 2.24) is 25.8 Å². The molecule has 0 unspecified atom stereocenters. The first-order valence-corrected chi connectivity index (χ1v) is 19.0. The first kappa shape index (κ1) is 39.5. The highest BCUT2D eigenvalue weighted by molar-refractivity contribution is 7.09. The molecule has 0 saturated carbocycles. The van der Waals surface area contributed by atoms with Crippen LogP contribution in [0.25, 0.3) is 0 Å². The SMILES string of the molecule is CC(C)c1nc(CN(C)C(=O)N[C@H](C(=O)N[C@@H](Cc2ccccc2)C[C@H](O)[C@H](Cc2ccccc2)NC(=O)OCc2c[n+](C)cs2)C(C)C)cs1. The van der Waals surface area contributed by atoms with Crippen LogP contribution in [0.2, 0.25) is 0 Å². The number of nitrogens with one attached hydrogen (secondary N) is 3. The van der Waals surface area contributed by atoms with Gasteiger partial charge in [0, 0.05) is 24.4 Å². The molecular formula is C38H51N6O5S2+. The molecule has 0 aliphatic rings. The lowest BCUT2D eigenvalue weighted by Gasteiger charge is -2.30. The summed E-state index contributed by atoms with van der Waals surface area (Å²) in [5.74, 6) is -0.270. The molecule has 4 aromatic rings. The van der Waals surface area contributed by atoms with Crippen molar-refractivity contribution in [3.05, 3.63) is 104 Å². The van der Waals surface area contributed by atoms with Gasteiger partial charge in [0.15, 0.2) is 6.20 Å². The van der Waals surface area contributed by atoms with E-state index in [1.807, 2.05) is 103 Å². The quantitative estimate of drug-likeness (QED) is 0.108. The molecule has 0 radical (unpaired) electrons. The van der Waals surface area contributed by atoms with Gasteiger partial charge in [0.05, 0.1) is 29.4 Å². The van der Waals surface area contributed by atoms with Crippen LogP contribution in [0.5, 0.6) is 0 Å². The average Bonchev–Trinajstić information content (AvgIpc) is 3.75. The van der Waals surface area contributed by atoms with Crippen molar-refractivity contribution in [2.75, 3.05) is 7.05 Å². The van der Waals surface area contributed by atoms with Gasteiger partial charge >= 0.3 is 12.1 Å². The Hall–Kier alpha value is -4.33. The highest BCUT2D eigenvalue weighted by Crippen LogP contribution is 2.20. The Bertz CT molecular complexity index is 1680. The minimum Gasteiger partial charge on any atom is -0.444 e. The summed E-state index contributed by atoms with van der Waals surface area (Å²) in [6.45, 7) is 8.34. The molecule has 0 spiro atoms.